The molecule has 0 saturated heterocycles. The Balaban J connectivity index is 1.20. The number of hydrogen-bond acceptors (Lipinski definition) is 6. The van der Waals surface area contributed by atoms with Gasteiger partial charge >= 0.3 is 12.4 Å². The summed E-state index contributed by atoms with van der Waals surface area (Å²) in [6.45, 7) is 8.01. The van der Waals surface area contributed by atoms with Crippen molar-refractivity contribution in [3.8, 4) is 22.8 Å². The molecule has 0 aliphatic heterocycles. The number of carbonyl (C=O) groups excluding carboxylic acids is 1. The zero-order chi connectivity index (χ0) is 30.1. The third-order valence-corrected chi connectivity index (χ3v) is 7.13. The molecule has 12 heteroatoms. The molecule has 4 aromatic rings. The number of aromatic nitrogens is 3. The number of ether oxygens (including phenoxy) is 1. The van der Waals surface area contributed by atoms with Crippen molar-refractivity contribution < 1.29 is 22.7 Å². The lowest BCUT2D eigenvalue weighted by atomic mass is 10.0. The molecular weight excluding hydrogens is 565 g/mol. The Bertz CT molecular complexity index is 1470. The first-order valence-electron chi connectivity index (χ1n) is 13.5. The largest absolute Gasteiger partial charge is 0.573 e. The first-order valence-corrected chi connectivity index (χ1v) is 14.3. The Morgan fingerprint density at radius 1 is 1.00 bits per heavy atom. The molecule has 0 unspecified atom stereocenters. The average Bonchev–Trinajstić information content (AvgIpc) is 3.44. The van der Waals surface area contributed by atoms with Crippen LogP contribution in [0.5, 0.6) is 5.75 Å². The third kappa shape index (κ3) is 9.25. The average molecular weight is 599 g/mol. The van der Waals surface area contributed by atoms with Crippen LogP contribution in [0, 0.1) is 6.92 Å². The topological polar surface area (TPSA) is 93.1 Å². The number of hydrogen-bond donors (Lipinski definition) is 3. The van der Waals surface area contributed by atoms with Crippen molar-refractivity contribution in [3.05, 3.63) is 89.7 Å². The van der Waals surface area contributed by atoms with Crippen LogP contribution in [0.4, 0.5) is 18.0 Å². The zero-order valence-corrected chi connectivity index (χ0v) is 24.4. The Morgan fingerprint density at radius 3 is 2.50 bits per heavy atom. The highest BCUT2D eigenvalue weighted by atomic mass is 32.2. The van der Waals surface area contributed by atoms with Gasteiger partial charge in [-0.3, -0.25) is 4.72 Å². The smallest absolute Gasteiger partial charge is 0.406 e. The monoisotopic (exact) mass is 598 g/mol. The number of aryl methyl sites for hydroxylation is 1. The summed E-state index contributed by atoms with van der Waals surface area (Å²) < 4.78 is 45.9. The van der Waals surface area contributed by atoms with Gasteiger partial charge in [0, 0.05) is 30.1 Å². The van der Waals surface area contributed by atoms with Gasteiger partial charge in [-0.05, 0) is 78.7 Å². The van der Waals surface area contributed by atoms with Crippen LogP contribution in [0.25, 0.3) is 17.1 Å². The second-order valence-electron chi connectivity index (χ2n) is 9.88. The van der Waals surface area contributed by atoms with Gasteiger partial charge in [0.15, 0.2) is 5.82 Å². The van der Waals surface area contributed by atoms with Crippen molar-refractivity contribution in [2.75, 3.05) is 19.6 Å². The first kappa shape index (κ1) is 30.9. The summed E-state index contributed by atoms with van der Waals surface area (Å²) >= 11 is 1.58. The van der Waals surface area contributed by atoms with E-state index in [9.17, 15) is 18.0 Å². The van der Waals surface area contributed by atoms with Gasteiger partial charge in [-0.25, -0.2) is 14.5 Å². The van der Waals surface area contributed by atoms with Gasteiger partial charge in [0.05, 0.1) is 5.69 Å². The van der Waals surface area contributed by atoms with E-state index in [2.05, 4.69) is 69.1 Å². The molecule has 0 saturated carbocycles. The molecule has 1 heterocycles. The van der Waals surface area contributed by atoms with Crippen LogP contribution in [-0.4, -0.2) is 46.8 Å². The van der Waals surface area contributed by atoms with Crippen LogP contribution in [0.15, 0.2) is 78.0 Å². The number of alkyl halides is 3. The number of nitrogens with one attached hydrogen (secondary N) is 3. The van der Waals surface area contributed by atoms with E-state index >= 15 is 0 Å². The second kappa shape index (κ2) is 14.2. The standard InChI is InChI=1S/C30H33F3N6O2S/c1-20(2)26-17-21(3)7-12-27(26)42-37-16-15-35-29(40)34-14-13-22-5-4-6-23(18-22)28-36-19-39(38-28)24-8-10-25(11-9-24)41-30(31,32)33/h4-12,17-20,37H,13-16H2,1-3H3,(H2,34,35,40). The molecule has 0 radical (unpaired) electrons. The van der Waals surface area contributed by atoms with Crippen molar-refractivity contribution >= 4 is 18.0 Å². The summed E-state index contributed by atoms with van der Waals surface area (Å²) in [5.41, 5.74) is 4.87. The Labute approximate surface area is 247 Å². The second-order valence-corrected chi connectivity index (χ2v) is 10.8. The maximum atomic E-state index is 12.4. The molecule has 0 fully saturated rings. The summed E-state index contributed by atoms with van der Waals surface area (Å²) in [4.78, 5) is 17.7. The molecule has 0 aliphatic rings. The first-order chi connectivity index (χ1) is 20.1. The molecule has 0 bridgehead atoms. The van der Waals surface area contributed by atoms with Gasteiger partial charge in [-0.2, -0.15) is 0 Å². The van der Waals surface area contributed by atoms with Gasteiger partial charge in [0.1, 0.15) is 12.1 Å². The molecule has 3 N–H and O–H groups in total. The maximum absolute atomic E-state index is 12.4. The summed E-state index contributed by atoms with van der Waals surface area (Å²) in [5, 5.41) is 10.2. The number of nitrogens with zero attached hydrogens (tertiary/aromatic N) is 3. The molecule has 0 aliphatic carbocycles. The van der Waals surface area contributed by atoms with E-state index in [4.69, 9.17) is 0 Å². The van der Waals surface area contributed by atoms with E-state index in [1.165, 1.54) is 51.3 Å². The van der Waals surface area contributed by atoms with Gasteiger partial charge in [0.2, 0.25) is 0 Å². The van der Waals surface area contributed by atoms with Crippen molar-refractivity contribution in [2.24, 2.45) is 0 Å². The Morgan fingerprint density at radius 2 is 1.76 bits per heavy atom. The SMILES string of the molecule is Cc1ccc(SNCCNC(=O)NCCc2cccc(-c3ncn(-c4ccc(OC(F)(F)F)cc4)n3)c2)c(C(C)C)c1. The predicted molar refractivity (Wildman–Crippen MR) is 158 cm³/mol. The molecule has 42 heavy (non-hydrogen) atoms. The molecule has 0 atom stereocenters. The normalized spacial score (nSPS) is 11.5. The maximum Gasteiger partial charge on any atom is 0.573 e. The molecule has 222 valence electrons. The predicted octanol–water partition coefficient (Wildman–Crippen LogP) is 6.40. The zero-order valence-electron chi connectivity index (χ0n) is 23.5. The fraction of sp³-hybridized carbons (Fsp3) is 0.300. The molecular formula is C30H33F3N6O2S. The van der Waals surface area contributed by atoms with E-state index in [-0.39, 0.29) is 11.8 Å². The number of urea groups is 1. The van der Waals surface area contributed by atoms with Gasteiger partial charge in [0.25, 0.3) is 0 Å². The van der Waals surface area contributed by atoms with Crippen molar-refractivity contribution in [1.29, 1.82) is 0 Å². The minimum absolute atomic E-state index is 0.233. The fourth-order valence-electron chi connectivity index (χ4n) is 4.14. The highest BCUT2D eigenvalue weighted by Crippen LogP contribution is 2.28. The summed E-state index contributed by atoms with van der Waals surface area (Å²) in [5.74, 6) is 0.592. The lowest BCUT2D eigenvalue weighted by Gasteiger charge is -2.14. The number of benzene rings is 3. The van der Waals surface area contributed by atoms with Crippen LogP contribution < -0.4 is 20.1 Å². The van der Waals surface area contributed by atoms with Crippen LogP contribution in [0.1, 0.15) is 36.5 Å². The minimum atomic E-state index is -4.75. The van der Waals surface area contributed by atoms with Crippen LogP contribution in [-0.2, 0) is 6.42 Å². The third-order valence-electron chi connectivity index (χ3n) is 6.19. The minimum Gasteiger partial charge on any atom is -0.406 e. The molecule has 4 rings (SSSR count). The quantitative estimate of drug-likeness (QED) is 0.129. The highest BCUT2D eigenvalue weighted by Gasteiger charge is 2.31. The Hall–Kier alpha value is -4.03. The van der Waals surface area contributed by atoms with Crippen LogP contribution >= 0.6 is 11.9 Å². The van der Waals surface area contributed by atoms with Crippen molar-refractivity contribution in [2.45, 2.75) is 44.4 Å². The van der Waals surface area contributed by atoms with Crippen LogP contribution in [0.2, 0.25) is 0 Å². The lowest BCUT2D eigenvalue weighted by Crippen LogP contribution is -2.39. The number of rotatable bonds is 12. The Kier molecular flexibility index (Phi) is 10.5. The molecule has 3 aromatic carbocycles. The van der Waals surface area contributed by atoms with Gasteiger partial charge in [-0.15, -0.1) is 18.3 Å². The molecule has 8 nitrogen and oxygen atoms in total. The highest BCUT2D eigenvalue weighted by molar-refractivity contribution is 7.97. The van der Waals surface area contributed by atoms with E-state index in [0.29, 0.717) is 43.5 Å². The molecule has 2 amide bonds. The lowest BCUT2D eigenvalue weighted by molar-refractivity contribution is -0.274. The van der Waals surface area contributed by atoms with Crippen molar-refractivity contribution in [3.63, 3.8) is 0 Å². The summed E-state index contributed by atoms with van der Waals surface area (Å²) in [7, 11) is 0. The van der Waals surface area contributed by atoms with Crippen LogP contribution in [0.3, 0.4) is 0 Å². The van der Waals surface area contributed by atoms with Gasteiger partial charge < -0.3 is 15.4 Å². The molecule has 0 spiro atoms. The van der Waals surface area contributed by atoms with E-state index in [1.54, 1.807) is 11.9 Å². The van der Waals surface area contributed by atoms with Gasteiger partial charge in [-0.1, -0.05) is 49.7 Å². The van der Waals surface area contributed by atoms with Crippen molar-refractivity contribution in [1.82, 2.24) is 30.1 Å². The molecule has 1 aromatic heterocycles. The number of halogens is 3. The van der Waals surface area contributed by atoms with E-state index < -0.39 is 6.36 Å². The van der Waals surface area contributed by atoms with E-state index in [1.807, 2.05) is 24.3 Å². The number of carbonyl (C=O) groups is 1. The summed E-state index contributed by atoms with van der Waals surface area (Å²) in [6.07, 6.45) is -2.64. The summed E-state index contributed by atoms with van der Waals surface area (Å²) in [6, 6.07) is 19.2. The fourth-order valence-corrected chi connectivity index (χ4v) is 5.05. The van der Waals surface area contributed by atoms with E-state index in [0.717, 1.165) is 11.1 Å². The number of amides is 2.